The first-order valence-corrected chi connectivity index (χ1v) is 11.6. The van der Waals surface area contributed by atoms with E-state index in [2.05, 4.69) is 13.8 Å². The van der Waals surface area contributed by atoms with Crippen molar-refractivity contribution in [2.45, 2.75) is 56.3 Å². The molecule has 4 atom stereocenters. The highest BCUT2D eigenvalue weighted by molar-refractivity contribution is 7.87. The summed E-state index contributed by atoms with van der Waals surface area (Å²) < 4.78 is 31.4. The summed E-state index contributed by atoms with van der Waals surface area (Å²) in [5.74, 6) is -1.40. The van der Waals surface area contributed by atoms with Crippen LogP contribution in [-0.2, 0) is 24.0 Å². The molecule has 1 aliphatic heterocycles. The van der Waals surface area contributed by atoms with Crippen LogP contribution >= 0.6 is 0 Å². The Morgan fingerprint density at radius 1 is 0.897 bits per heavy atom. The molecule has 2 aromatic rings. The highest BCUT2D eigenvalue weighted by atomic mass is 32.2. The van der Waals surface area contributed by atoms with Crippen molar-refractivity contribution in [1.29, 1.82) is 0 Å². The van der Waals surface area contributed by atoms with Crippen molar-refractivity contribution < 1.29 is 22.3 Å². The van der Waals surface area contributed by atoms with Crippen LogP contribution in [0.2, 0.25) is 0 Å². The first-order chi connectivity index (χ1) is 13.8. The van der Waals surface area contributed by atoms with Gasteiger partial charge in [-0.15, -0.1) is 9.35 Å². The third-order valence-corrected chi connectivity index (χ3v) is 8.28. The van der Waals surface area contributed by atoms with Crippen LogP contribution in [0.25, 0.3) is 10.8 Å². The average Bonchev–Trinajstić information content (AvgIpc) is 3.10. The largest absolute Gasteiger partial charge is 0.318 e. The van der Waals surface area contributed by atoms with Gasteiger partial charge in [0.15, 0.2) is 0 Å². The Morgan fingerprint density at radius 3 is 2.10 bits per heavy atom. The van der Waals surface area contributed by atoms with E-state index in [0.29, 0.717) is 23.3 Å². The molecular weight excluding hydrogens is 390 g/mol. The van der Waals surface area contributed by atoms with Gasteiger partial charge in [-0.1, -0.05) is 51.0 Å². The van der Waals surface area contributed by atoms with Crippen molar-refractivity contribution in [1.82, 2.24) is 5.06 Å². The fourth-order valence-electron chi connectivity index (χ4n) is 5.30. The van der Waals surface area contributed by atoms with Gasteiger partial charge in [0.05, 0.1) is 11.8 Å². The molecule has 0 radical (unpaired) electrons. The first-order valence-electron chi connectivity index (χ1n) is 10.2. The normalized spacial score (nSPS) is 29.0. The van der Waals surface area contributed by atoms with E-state index in [1.165, 1.54) is 6.07 Å². The predicted molar refractivity (Wildman–Crippen MR) is 106 cm³/mol. The molecule has 0 aromatic heterocycles. The van der Waals surface area contributed by atoms with Gasteiger partial charge in [-0.05, 0) is 47.3 Å². The molecular formula is C22H23NO5S. The lowest BCUT2D eigenvalue weighted by Gasteiger charge is -2.19. The predicted octanol–water partition coefficient (Wildman–Crippen LogP) is 3.86. The molecule has 2 amide bonds. The minimum absolute atomic E-state index is 0.00475. The van der Waals surface area contributed by atoms with Crippen LogP contribution in [0.4, 0.5) is 0 Å². The van der Waals surface area contributed by atoms with Crippen LogP contribution in [0.1, 0.15) is 62.5 Å². The standard InChI is InChI=1S/C22H23NO5S/c1-12-13(2)15-10-11-19(18-9-5-8-14(12)20(15)18)29(26,27)28-23-21(24)16-6-3-4-7-17(16)22(23)25/h5,8-13,16-17H,3-4,6-7H2,1-2H3. The van der Waals surface area contributed by atoms with Gasteiger partial charge in [0.2, 0.25) is 0 Å². The molecule has 1 saturated heterocycles. The molecule has 5 rings (SSSR count). The maximum Gasteiger partial charge on any atom is 0.318 e. The van der Waals surface area contributed by atoms with E-state index < -0.39 is 33.8 Å². The second-order valence-corrected chi connectivity index (χ2v) is 9.99. The number of carbonyl (C=O) groups excluding carboxylic acids is 2. The summed E-state index contributed by atoms with van der Waals surface area (Å²) >= 11 is 0. The van der Waals surface area contributed by atoms with Crippen molar-refractivity contribution in [3.8, 4) is 0 Å². The van der Waals surface area contributed by atoms with Crippen LogP contribution in [-0.4, -0.2) is 25.3 Å². The van der Waals surface area contributed by atoms with Crippen LogP contribution in [0.3, 0.4) is 0 Å². The zero-order valence-corrected chi connectivity index (χ0v) is 17.2. The molecule has 1 heterocycles. The smallest absolute Gasteiger partial charge is 0.272 e. The number of hydroxylamine groups is 2. The highest BCUT2D eigenvalue weighted by Crippen LogP contribution is 2.48. The van der Waals surface area contributed by atoms with E-state index in [1.807, 2.05) is 18.2 Å². The number of amides is 2. The number of hydrogen-bond acceptors (Lipinski definition) is 5. The second kappa shape index (κ2) is 6.37. The molecule has 0 N–H and O–H groups in total. The SMILES string of the molecule is CC1c2cccc3c(S(=O)(=O)ON4C(=O)C5CCCCC5C4=O)ccc(c23)C1C. The van der Waals surface area contributed by atoms with Crippen molar-refractivity contribution >= 4 is 32.7 Å². The minimum Gasteiger partial charge on any atom is -0.272 e. The van der Waals surface area contributed by atoms with E-state index in [9.17, 15) is 18.0 Å². The summed E-state index contributed by atoms with van der Waals surface area (Å²) in [7, 11) is -4.34. The number of fused-ring (bicyclic) bond motifs is 1. The quantitative estimate of drug-likeness (QED) is 0.714. The summed E-state index contributed by atoms with van der Waals surface area (Å²) in [6, 6.07) is 8.98. The Bertz CT molecular complexity index is 1120. The molecule has 0 spiro atoms. The monoisotopic (exact) mass is 413 g/mol. The minimum atomic E-state index is -4.34. The van der Waals surface area contributed by atoms with E-state index in [-0.39, 0.29) is 16.7 Å². The Balaban J connectivity index is 1.56. The Hall–Kier alpha value is -2.25. The number of carbonyl (C=O) groups is 2. The van der Waals surface area contributed by atoms with E-state index in [1.54, 1.807) is 6.07 Å². The van der Waals surface area contributed by atoms with Gasteiger partial charge in [0, 0.05) is 5.39 Å². The van der Waals surface area contributed by atoms with Crippen LogP contribution in [0.5, 0.6) is 0 Å². The number of imide groups is 1. The van der Waals surface area contributed by atoms with E-state index in [0.717, 1.165) is 29.4 Å². The number of rotatable bonds is 3. The maximum atomic E-state index is 13.1. The zero-order chi connectivity index (χ0) is 20.5. The summed E-state index contributed by atoms with van der Waals surface area (Å²) in [5.41, 5.74) is 2.22. The van der Waals surface area contributed by atoms with E-state index in [4.69, 9.17) is 4.28 Å². The van der Waals surface area contributed by atoms with Crippen LogP contribution in [0.15, 0.2) is 35.2 Å². The molecule has 2 fully saturated rings. The van der Waals surface area contributed by atoms with Crippen molar-refractivity contribution in [2.24, 2.45) is 11.8 Å². The summed E-state index contributed by atoms with van der Waals surface area (Å²) in [4.78, 5) is 25.3. The van der Waals surface area contributed by atoms with Gasteiger partial charge in [-0.3, -0.25) is 9.59 Å². The fraction of sp³-hybridized carbons (Fsp3) is 0.455. The average molecular weight is 413 g/mol. The molecule has 4 unspecified atom stereocenters. The molecule has 7 heteroatoms. The molecule has 152 valence electrons. The van der Waals surface area contributed by atoms with Crippen LogP contribution in [0, 0.1) is 11.8 Å². The fourth-order valence-corrected chi connectivity index (χ4v) is 6.39. The van der Waals surface area contributed by atoms with Gasteiger partial charge in [0.25, 0.3) is 11.8 Å². The summed E-state index contributed by atoms with van der Waals surface area (Å²) in [6.45, 7) is 4.26. The van der Waals surface area contributed by atoms with E-state index >= 15 is 0 Å². The third-order valence-electron chi connectivity index (χ3n) is 7.04. The summed E-state index contributed by atoms with van der Waals surface area (Å²) in [5, 5.41) is 2.02. The molecule has 6 nitrogen and oxygen atoms in total. The topological polar surface area (TPSA) is 80.8 Å². The zero-order valence-electron chi connectivity index (χ0n) is 16.4. The lowest BCUT2D eigenvalue weighted by Crippen LogP contribution is -2.33. The third kappa shape index (κ3) is 2.60. The molecule has 3 aliphatic rings. The maximum absolute atomic E-state index is 13.1. The Kier molecular flexibility index (Phi) is 4.12. The van der Waals surface area contributed by atoms with Crippen molar-refractivity contribution in [2.75, 3.05) is 0 Å². The Morgan fingerprint density at radius 2 is 1.48 bits per heavy atom. The van der Waals surface area contributed by atoms with Crippen molar-refractivity contribution in [3.63, 3.8) is 0 Å². The lowest BCUT2D eigenvalue weighted by molar-refractivity contribution is -0.165. The summed E-state index contributed by atoms with van der Waals surface area (Å²) in [6.07, 6.45) is 2.94. The number of benzene rings is 2. The molecule has 29 heavy (non-hydrogen) atoms. The van der Waals surface area contributed by atoms with Gasteiger partial charge in [-0.2, -0.15) is 8.42 Å². The number of hydrogen-bond donors (Lipinski definition) is 0. The second-order valence-electron chi connectivity index (χ2n) is 8.50. The molecule has 0 bridgehead atoms. The van der Waals surface area contributed by atoms with Gasteiger partial charge < -0.3 is 0 Å². The molecule has 2 aromatic carbocycles. The van der Waals surface area contributed by atoms with Crippen LogP contribution < -0.4 is 0 Å². The van der Waals surface area contributed by atoms with Gasteiger partial charge in [-0.25, -0.2) is 0 Å². The van der Waals surface area contributed by atoms with Crippen molar-refractivity contribution in [3.05, 3.63) is 41.5 Å². The number of nitrogens with zero attached hydrogens (tertiary/aromatic N) is 1. The lowest BCUT2D eigenvalue weighted by atomic mass is 9.81. The van der Waals surface area contributed by atoms with Gasteiger partial charge in [0.1, 0.15) is 4.90 Å². The Labute approximate surface area is 169 Å². The molecule has 2 aliphatic carbocycles. The van der Waals surface area contributed by atoms with Gasteiger partial charge >= 0.3 is 10.1 Å². The first kappa shape index (κ1) is 18.8. The molecule has 1 saturated carbocycles. The highest BCUT2D eigenvalue weighted by Gasteiger charge is 2.51.